The van der Waals surface area contributed by atoms with Crippen molar-refractivity contribution in [3.05, 3.63) is 90.5 Å². The molecule has 6 nitrogen and oxygen atoms in total. The smallest absolute Gasteiger partial charge is 0.311 e. The molecule has 52 heavy (non-hydrogen) atoms. The molecule has 0 aromatic heterocycles. The molecule has 0 saturated carbocycles. The summed E-state index contributed by atoms with van der Waals surface area (Å²) in [5.41, 5.74) is 0.491. The lowest BCUT2D eigenvalue weighted by Gasteiger charge is -2.43. The zero-order valence-corrected chi connectivity index (χ0v) is 36.5. The van der Waals surface area contributed by atoms with Crippen LogP contribution in [0.15, 0.2) is 84.9 Å². The van der Waals surface area contributed by atoms with E-state index in [0.717, 1.165) is 30.6 Å². The van der Waals surface area contributed by atoms with E-state index in [4.69, 9.17) is 23.1 Å². The zero-order valence-electron chi connectivity index (χ0n) is 34.5. The first-order valence-corrected chi connectivity index (χ1v) is 23.9. The summed E-state index contributed by atoms with van der Waals surface area (Å²) in [6.07, 6.45) is 2.75. The molecule has 0 saturated heterocycles. The lowest BCUT2D eigenvalue weighted by molar-refractivity contribution is -0.163. The number of unbranched alkanes of at least 4 members (excludes halogenated alkanes) is 1. The van der Waals surface area contributed by atoms with Gasteiger partial charge in [0.15, 0.2) is 8.32 Å². The second kappa shape index (κ2) is 18.5. The van der Waals surface area contributed by atoms with Crippen LogP contribution < -0.4 is 15.1 Å². The van der Waals surface area contributed by atoms with Crippen LogP contribution >= 0.6 is 0 Å². The Morgan fingerprint density at radius 3 is 1.73 bits per heavy atom. The van der Waals surface area contributed by atoms with Crippen molar-refractivity contribution in [3.63, 3.8) is 0 Å². The molecular formula is C44H68O6Si2. The van der Waals surface area contributed by atoms with Gasteiger partial charge in [0.1, 0.15) is 11.4 Å². The van der Waals surface area contributed by atoms with Crippen molar-refractivity contribution < 1.29 is 27.9 Å². The fourth-order valence-corrected chi connectivity index (χ4v) is 12.4. The first-order valence-electron chi connectivity index (χ1n) is 19.1. The third kappa shape index (κ3) is 12.1. The van der Waals surface area contributed by atoms with Gasteiger partial charge in [-0.25, -0.2) is 0 Å². The van der Waals surface area contributed by atoms with Crippen molar-refractivity contribution in [3.8, 4) is 5.75 Å². The van der Waals surface area contributed by atoms with Crippen molar-refractivity contribution >= 4 is 33.0 Å². The highest BCUT2D eigenvalue weighted by Crippen LogP contribution is 2.40. The van der Waals surface area contributed by atoms with Crippen molar-refractivity contribution in [2.75, 3.05) is 13.7 Å². The lowest BCUT2D eigenvalue weighted by atomic mass is 9.96. The largest absolute Gasteiger partial charge is 0.497 e. The molecule has 0 unspecified atom stereocenters. The van der Waals surface area contributed by atoms with Crippen LogP contribution in [0, 0.1) is 5.92 Å². The van der Waals surface area contributed by atoms with E-state index in [-0.39, 0.29) is 28.3 Å². The number of esters is 1. The van der Waals surface area contributed by atoms with E-state index in [2.05, 4.69) is 115 Å². The molecule has 0 aliphatic carbocycles. The first-order chi connectivity index (χ1) is 24.2. The summed E-state index contributed by atoms with van der Waals surface area (Å²) in [5, 5.41) is 2.48. The molecule has 3 aromatic rings. The van der Waals surface area contributed by atoms with Gasteiger partial charge in [-0.15, -0.1) is 0 Å². The van der Waals surface area contributed by atoms with Gasteiger partial charge in [-0.05, 0) is 105 Å². The minimum Gasteiger partial charge on any atom is -0.497 e. The monoisotopic (exact) mass is 748 g/mol. The Morgan fingerprint density at radius 1 is 0.731 bits per heavy atom. The average molecular weight is 749 g/mol. The van der Waals surface area contributed by atoms with Gasteiger partial charge in [-0.3, -0.25) is 4.79 Å². The number of benzene rings is 3. The van der Waals surface area contributed by atoms with E-state index in [9.17, 15) is 4.79 Å². The highest BCUT2D eigenvalue weighted by atomic mass is 28.4. The second-order valence-electron chi connectivity index (χ2n) is 17.8. The Morgan fingerprint density at radius 2 is 1.27 bits per heavy atom. The fourth-order valence-electron chi connectivity index (χ4n) is 6.38. The lowest BCUT2D eigenvalue weighted by Crippen LogP contribution is -2.66. The van der Waals surface area contributed by atoms with E-state index >= 15 is 0 Å². The van der Waals surface area contributed by atoms with Crippen LogP contribution in [-0.2, 0) is 29.7 Å². The molecule has 3 aromatic carbocycles. The summed E-state index contributed by atoms with van der Waals surface area (Å²) in [4.78, 5) is 13.5. The van der Waals surface area contributed by atoms with Gasteiger partial charge in [0.2, 0.25) is 0 Å². The maximum absolute atomic E-state index is 13.5. The van der Waals surface area contributed by atoms with Gasteiger partial charge >= 0.3 is 5.97 Å². The SMILES string of the molecule is COc1ccc(CO[C@H](CCCCO[Si](c2ccccc2)(c2ccccc2)C(C)(C)C)C[C@H](O[Si](C)(C)C(C)(C)C)[C@H](C)C(=O)OC(C)(C)C)cc1. The molecule has 0 radical (unpaired) electrons. The standard InChI is InChI=1S/C44H68O6Si2/c1-34(41(45)49-42(2,3)4)40(50-51(12,13)43(5,6)7)32-37(47-33-35-27-29-36(46-11)30-28-35)22-20-21-31-48-52(44(8,9)10,38-23-16-14-17-24-38)39-25-18-15-19-26-39/h14-19,23-30,34,37,40H,20-22,31-33H2,1-13H3/t34-,37+,40-/m0/s1. The van der Waals surface area contributed by atoms with E-state index in [1.807, 2.05) is 52.0 Å². The van der Waals surface area contributed by atoms with E-state index < -0.39 is 28.2 Å². The molecule has 8 heteroatoms. The van der Waals surface area contributed by atoms with Gasteiger partial charge in [0, 0.05) is 6.61 Å². The van der Waals surface area contributed by atoms with Crippen LogP contribution in [0.1, 0.15) is 100 Å². The molecule has 0 aliphatic heterocycles. The van der Waals surface area contributed by atoms with Crippen LogP contribution in [0.25, 0.3) is 0 Å². The Bertz CT molecular complexity index is 1450. The number of hydrogen-bond acceptors (Lipinski definition) is 6. The number of carbonyl (C=O) groups excluding carboxylic acids is 1. The van der Waals surface area contributed by atoms with E-state index in [1.165, 1.54) is 10.4 Å². The Balaban J connectivity index is 1.86. The Kier molecular flexibility index (Phi) is 15.5. The number of methoxy groups -OCH3 is 1. The number of ether oxygens (including phenoxy) is 3. The molecule has 0 aliphatic rings. The van der Waals surface area contributed by atoms with Crippen molar-refractivity contribution in [2.24, 2.45) is 5.92 Å². The molecule has 0 amide bonds. The van der Waals surface area contributed by atoms with Crippen molar-refractivity contribution in [2.45, 2.75) is 143 Å². The van der Waals surface area contributed by atoms with Gasteiger partial charge in [-0.1, -0.05) is 114 Å². The Labute approximate surface area is 318 Å². The average Bonchev–Trinajstić information content (AvgIpc) is 3.07. The number of rotatable bonds is 18. The molecule has 3 atom stereocenters. The Hall–Kier alpha value is -2.76. The van der Waals surface area contributed by atoms with Gasteiger partial charge < -0.3 is 23.1 Å². The highest BCUT2D eigenvalue weighted by Gasteiger charge is 2.50. The zero-order chi connectivity index (χ0) is 38.8. The molecule has 0 N–H and O–H groups in total. The van der Waals surface area contributed by atoms with Crippen molar-refractivity contribution in [1.29, 1.82) is 0 Å². The number of hydrogen-bond donors (Lipinski definition) is 0. The van der Waals surface area contributed by atoms with Crippen LogP contribution in [0.5, 0.6) is 5.75 Å². The van der Waals surface area contributed by atoms with Crippen LogP contribution in [0.4, 0.5) is 0 Å². The maximum Gasteiger partial charge on any atom is 0.311 e. The molecule has 0 heterocycles. The summed E-state index contributed by atoms with van der Waals surface area (Å²) < 4.78 is 32.2. The van der Waals surface area contributed by atoms with Crippen molar-refractivity contribution in [1.82, 2.24) is 0 Å². The van der Waals surface area contributed by atoms with E-state index in [0.29, 0.717) is 19.6 Å². The molecule has 0 spiro atoms. The van der Waals surface area contributed by atoms with Gasteiger partial charge in [-0.2, -0.15) is 0 Å². The third-order valence-electron chi connectivity index (χ3n) is 10.4. The summed E-state index contributed by atoms with van der Waals surface area (Å²) in [5.74, 6) is 0.137. The van der Waals surface area contributed by atoms with Crippen LogP contribution in [0.2, 0.25) is 23.2 Å². The third-order valence-corrected chi connectivity index (χ3v) is 19.9. The second-order valence-corrected chi connectivity index (χ2v) is 26.8. The predicted molar refractivity (Wildman–Crippen MR) is 221 cm³/mol. The minimum absolute atomic E-state index is 0.0172. The number of carbonyl (C=O) groups is 1. The molecule has 288 valence electrons. The minimum atomic E-state index is -2.62. The summed E-state index contributed by atoms with van der Waals surface area (Å²) in [6.45, 7) is 26.9. The molecule has 0 bridgehead atoms. The molecule has 0 fully saturated rings. The summed E-state index contributed by atoms with van der Waals surface area (Å²) >= 11 is 0. The summed E-state index contributed by atoms with van der Waals surface area (Å²) in [7, 11) is -3.19. The quantitative estimate of drug-likeness (QED) is 0.0734. The maximum atomic E-state index is 13.5. The summed E-state index contributed by atoms with van der Waals surface area (Å²) in [6, 6.07) is 29.6. The van der Waals surface area contributed by atoms with Gasteiger partial charge in [0.25, 0.3) is 8.32 Å². The first kappa shape index (κ1) is 43.6. The normalized spacial score (nSPS) is 14.8. The van der Waals surface area contributed by atoms with Crippen LogP contribution in [-0.4, -0.2) is 54.1 Å². The predicted octanol–water partition coefficient (Wildman–Crippen LogP) is 10.1. The van der Waals surface area contributed by atoms with Crippen LogP contribution in [0.3, 0.4) is 0 Å². The molecular weight excluding hydrogens is 681 g/mol. The molecule has 3 rings (SSSR count). The topological polar surface area (TPSA) is 63.2 Å². The van der Waals surface area contributed by atoms with Gasteiger partial charge in [0.05, 0.1) is 31.8 Å². The van der Waals surface area contributed by atoms with E-state index in [1.54, 1.807) is 7.11 Å². The highest BCUT2D eigenvalue weighted by molar-refractivity contribution is 6.99. The fraction of sp³-hybridized carbons (Fsp3) is 0.568.